The van der Waals surface area contributed by atoms with E-state index in [4.69, 9.17) is 4.74 Å². The largest absolute Gasteiger partial charge is 0.383 e. The summed E-state index contributed by atoms with van der Waals surface area (Å²) in [5.41, 5.74) is 0. The first-order chi connectivity index (χ1) is 10.6. The molecule has 0 bridgehead atoms. The molecule has 0 aromatic heterocycles. The van der Waals surface area contributed by atoms with E-state index in [1.165, 1.54) is 32.5 Å². The Morgan fingerprint density at radius 3 is 2.50 bits per heavy atom. The molecule has 2 fully saturated rings. The van der Waals surface area contributed by atoms with E-state index >= 15 is 0 Å². The Bertz CT molecular complexity index is 343. The molecule has 2 aliphatic heterocycles. The van der Waals surface area contributed by atoms with Crippen molar-refractivity contribution >= 4 is 5.91 Å². The lowest BCUT2D eigenvalue weighted by Gasteiger charge is -2.36. The van der Waals surface area contributed by atoms with Crippen molar-refractivity contribution in [3.8, 4) is 0 Å². The molecule has 0 aliphatic carbocycles. The van der Waals surface area contributed by atoms with E-state index in [2.05, 4.69) is 16.8 Å². The lowest BCUT2D eigenvalue weighted by molar-refractivity contribution is -0.133. The number of nitrogens with zero attached hydrogens (tertiary/aromatic N) is 3. The van der Waals surface area contributed by atoms with Crippen LogP contribution in [0.3, 0.4) is 0 Å². The van der Waals surface area contributed by atoms with Gasteiger partial charge in [0.2, 0.25) is 5.91 Å². The van der Waals surface area contributed by atoms with Gasteiger partial charge in [0.1, 0.15) is 0 Å². The van der Waals surface area contributed by atoms with Crippen molar-refractivity contribution in [1.29, 1.82) is 0 Å². The van der Waals surface area contributed by atoms with Crippen LogP contribution in [0.1, 0.15) is 25.7 Å². The highest BCUT2D eigenvalue weighted by Crippen LogP contribution is 2.21. The lowest BCUT2D eigenvalue weighted by atomic mass is 9.94. The molecule has 0 aromatic carbocycles. The van der Waals surface area contributed by atoms with E-state index in [1.54, 1.807) is 7.11 Å². The second kappa shape index (κ2) is 8.85. The smallest absolute Gasteiger partial charge is 0.222 e. The van der Waals surface area contributed by atoms with E-state index in [-0.39, 0.29) is 0 Å². The number of piperidine rings is 2. The average Bonchev–Trinajstić information content (AvgIpc) is 2.50. The summed E-state index contributed by atoms with van der Waals surface area (Å²) in [7, 11) is 5.95. The average molecular weight is 311 g/mol. The van der Waals surface area contributed by atoms with Crippen molar-refractivity contribution in [2.24, 2.45) is 11.8 Å². The molecule has 2 aliphatic rings. The Morgan fingerprint density at radius 2 is 1.86 bits per heavy atom. The van der Waals surface area contributed by atoms with Crippen LogP contribution in [0, 0.1) is 11.8 Å². The van der Waals surface area contributed by atoms with Crippen LogP contribution >= 0.6 is 0 Å². The standard InChI is InChI=1S/C17H33N3O2/c1-18(13-16-4-5-17(21)19(2)14-16)12-15-6-8-20(9-7-15)10-11-22-3/h15-16H,4-14H2,1-3H3. The van der Waals surface area contributed by atoms with Gasteiger partial charge in [0.25, 0.3) is 0 Å². The van der Waals surface area contributed by atoms with E-state index in [0.717, 1.165) is 45.0 Å². The Balaban J connectivity index is 1.63. The van der Waals surface area contributed by atoms with Crippen molar-refractivity contribution in [1.82, 2.24) is 14.7 Å². The molecule has 0 aromatic rings. The molecule has 2 heterocycles. The minimum atomic E-state index is 0.308. The zero-order valence-electron chi connectivity index (χ0n) is 14.6. The van der Waals surface area contributed by atoms with Crippen LogP contribution in [-0.2, 0) is 9.53 Å². The van der Waals surface area contributed by atoms with Crippen LogP contribution in [0.5, 0.6) is 0 Å². The van der Waals surface area contributed by atoms with Crippen LogP contribution in [-0.4, -0.2) is 87.7 Å². The van der Waals surface area contributed by atoms with Crippen LogP contribution in [0.4, 0.5) is 0 Å². The number of likely N-dealkylation sites (tertiary alicyclic amines) is 2. The first-order valence-corrected chi connectivity index (χ1v) is 8.72. The van der Waals surface area contributed by atoms with Gasteiger partial charge in [-0.15, -0.1) is 0 Å². The van der Waals surface area contributed by atoms with Crippen LogP contribution in [0.2, 0.25) is 0 Å². The zero-order valence-corrected chi connectivity index (χ0v) is 14.6. The number of carbonyl (C=O) groups is 1. The van der Waals surface area contributed by atoms with Crippen molar-refractivity contribution in [3.63, 3.8) is 0 Å². The minimum absolute atomic E-state index is 0.308. The number of amides is 1. The third-order valence-electron chi connectivity index (χ3n) is 5.18. The predicted molar refractivity (Wildman–Crippen MR) is 88.9 cm³/mol. The minimum Gasteiger partial charge on any atom is -0.383 e. The summed E-state index contributed by atoms with van der Waals surface area (Å²) in [4.78, 5) is 18.5. The third kappa shape index (κ3) is 5.52. The van der Waals surface area contributed by atoms with Gasteiger partial charge in [-0.1, -0.05) is 0 Å². The molecule has 0 spiro atoms. The quantitative estimate of drug-likeness (QED) is 0.706. The predicted octanol–water partition coefficient (Wildman–Crippen LogP) is 1.15. The molecule has 1 amide bonds. The topological polar surface area (TPSA) is 36.0 Å². The molecule has 1 atom stereocenters. The monoisotopic (exact) mass is 311 g/mol. The van der Waals surface area contributed by atoms with Crippen LogP contribution in [0.25, 0.3) is 0 Å². The third-order valence-corrected chi connectivity index (χ3v) is 5.18. The maximum atomic E-state index is 11.5. The fourth-order valence-electron chi connectivity index (χ4n) is 3.82. The number of hydrogen-bond acceptors (Lipinski definition) is 4. The van der Waals surface area contributed by atoms with E-state index in [1.807, 2.05) is 11.9 Å². The summed E-state index contributed by atoms with van der Waals surface area (Å²) in [6.45, 7) is 7.59. The highest BCUT2D eigenvalue weighted by molar-refractivity contribution is 5.76. The lowest BCUT2D eigenvalue weighted by Crippen LogP contribution is -2.43. The summed E-state index contributed by atoms with van der Waals surface area (Å²) in [5.74, 6) is 1.78. The number of rotatable bonds is 7. The molecule has 1 unspecified atom stereocenters. The highest BCUT2D eigenvalue weighted by atomic mass is 16.5. The first kappa shape index (κ1) is 17.7. The van der Waals surface area contributed by atoms with Crippen molar-refractivity contribution in [3.05, 3.63) is 0 Å². The van der Waals surface area contributed by atoms with Gasteiger partial charge in [-0.3, -0.25) is 4.79 Å². The molecule has 0 saturated carbocycles. The van der Waals surface area contributed by atoms with Gasteiger partial charge in [-0.05, 0) is 51.2 Å². The molecular formula is C17H33N3O2. The molecule has 22 heavy (non-hydrogen) atoms. The summed E-state index contributed by atoms with van der Waals surface area (Å²) < 4.78 is 5.16. The molecule has 0 N–H and O–H groups in total. The zero-order chi connectivity index (χ0) is 15.9. The second-order valence-electron chi connectivity index (χ2n) is 7.18. The summed E-state index contributed by atoms with van der Waals surface area (Å²) in [6.07, 6.45) is 4.39. The van der Waals surface area contributed by atoms with E-state index in [0.29, 0.717) is 11.8 Å². The summed E-state index contributed by atoms with van der Waals surface area (Å²) >= 11 is 0. The fraction of sp³-hybridized carbons (Fsp3) is 0.941. The van der Waals surface area contributed by atoms with Gasteiger partial charge < -0.3 is 19.4 Å². The van der Waals surface area contributed by atoms with Gasteiger partial charge in [-0.2, -0.15) is 0 Å². The summed E-state index contributed by atoms with van der Waals surface area (Å²) in [6, 6.07) is 0. The number of methoxy groups -OCH3 is 1. The Kier molecular flexibility index (Phi) is 7.12. The SMILES string of the molecule is COCCN1CCC(CN(C)CC2CCC(=O)N(C)C2)CC1. The number of ether oxygens (including phenoxy) is 1. The van der Waals surface area contributed by atoms with Gasteiger partial charge in [-0.25, -0.2) is 0 Å². The second-order valence-corrected chi connectivity index (χ2v) is 7.18. The normalized spacial score (nSPS) is 25.2. The fourth-order valence-corrected chi connectivity index (χ4v) is 3.82. The molecule has 2 saturated heterocycles. The van der Waals surface area contributed by atoms with Crippen molar-refractivity contribution in [2.75, 3.05) is 67.1 Å². The molecule has 0 radical (unpaired) electrons. The van der Waals surface area contributed by atoms with Gasteiger partial charge in [0, 0.05) is 46.8 Å². The van der Waals surface area contributed by atoms with Gasteiger partial charge in [0.15, 0.2) is 0 Å². The highest BCUT2D eigenvalue weighted by Gasteiger charge is 2.25. The maximum Gasteiger partial charge on any atom is 0.222 e. The van der Waals surface area contributed by atoms with Crippen molar-refractivity contribution in [2.45, 2.75) is 25.7 Å². The first-order valence-electron chi connectivity index (χ1n) is 8.72. The number of carbonyl (C=O) groups excluding carboxylic acids is 1. The summed E-state index contributed by atoms with van der Waals surface area (Å²) in [5, 5.41) is 0. The van der Waals surface area contributed by atoms with Gasteiger partial charge in [0.05, 0.1) is 6.61 Å². The molecule has 5 heteroatoms. The van der Waals surface area contributed by atoms with Crippen LogP contribution < -0.4 is 0 Å². The molecule has 2 rings (SSSR count). The Morgan fingerprint density at radius 1 is 1.18 bits per heavy atom. The van der Waals surface area contributed by atoms with Gasteiger partial charge >= 0.3 is 0 Å². The van der Waals surface area contributed by atoms with E-state index < -0.39 is 0 Å². The molecular weight excluding hydrogens is 278 g/mol. The molecule has 5 nitrogen and oxygen atoms in total. The van der Waals surface area contributed by atoms with Crippen LogP contribution in [0.15, 0.2) is 0 Å². The maximum absolute atomic E-state index is 11.5. The van der Waals surface area contributed by atoms with Crippen molar-refractivity contribution < 1.29 is 9.53 Å². The molecule has 128 valence electrons. The number of hydrogen-bond donors (Lipinski definition) is 0. The Hall–Kier alpha value is -0.650. The Labute approximate surface area is 135 Å². The van der Waals surface area contributed by atoms with E-state index in [9.17, 15) is 4.79 Å².